The summed E-state index contributed by atoms with van der Waals surface area (Å²) in [6, 6.07) is 6.86. The van der Waals surface area contributed by atoms with Gasteiger partial charge >= 0.3 is 5.97 Å². The maximum atomic E-state index is 12.1. The van der Waals surface area contributed by atoms with Gasteiger partial charge in [-0.3, -0.25) is 0 Å². The fraction of sp³-hybridized carbons (Fsp3) is 0.0833. The van der Waals surface area contributed by atoms with Crippen molar-refractivity contribution in [2.24, 2.45) is 0 Å². The molecule has 0 bridgehead atoms. The fourth-order valence-electron chi connectivity index (χ4n) is 1.62. The predicted molar refractivity (Wildman–Crippen MR) is 81.2 cm³/mol. The number of rotatable bonds is 5. The number of nitrogen functional groups attached to an aromatic ring is 1. The Bertz CT molecular complexity index is 786. The van der Waals surface area contributed by atoms with Crippen molar-refractivity contribution in [3.8, 4) is 0 Å². The quantitative estimate of drug-likeness (QED) is 0.719. The molecule has 0 aliphatic rings. The molecule has 0 spiro atoms. The van der Waals surface area contributed by atoms with Gasteiger partial charge in [0.05, 0.1) is 15.6 Å². The first-order valence-electron chi connectivity index (χ1n) is 5.66. The molecule has 2 rings (SSSR count). The van der Waals surface area contributed by atoms with E-state index in [4.69, 9.17) is 22.4 Å². The second-order valence-electron chi connectivity index (χ2n) is 4.09. The zero-order chi connectivity index (χ0) is 15.6. The monoisotopic (exact) mass is 346 g/mol. The summed E-state index contributed by atoms with van der Waals surface area (Å²) in [7, 11) is -3.83. The molecule has 0 radical (unpaired) electrons. The molecule has 2 aromatic rings. The number of hydrogen-bond donors (Lipinski definition) is 3. The van der Waals surface area contributed by atoms with Crippen LogP contribution in [0.2, 0.25) is 4.34 Å². The zero-order valence-electron chi connectivity index (χ0n) is 10.5. The third kappa shape index (κ3) is 3.73. The summed E-state index contributed by atoms with van der Waals surface area (Å²) in [5.74, 6) is -1.17. The predicted octanol–water partition coefficient (Wildman–Crippen LogP) is 2.16. The largest absolute Gasteiger partial charge is 0.478 e. The summed E-state index contributed by atoms with van der Waals surface area (Å²) in [5, 5.41) is 8.83. The van der Waals surface area contributed by atoms with Crippen LogP contribution in [0, 0.1) is 0 Å². The van der Waals surface area contributed by atoms with Crippen molar-refractivity contribution in [1.29, 1.82) is 0 Å². The zero-order valence-corrected chi connectivity index (χ0v) is 12.9. The van der Waals surface area contributed by atoms with Gasteiger partial charge in [-0.25, -0.2) is 17.9 Å². The van der Waals surface area contributed by atoms with Gasteiger partial charge in [0.15, 0.2) is 0 Å². The molecule has 0 fully saturated rings. The van der Waals surface area contributed by atoms with E-state index >= 15 is 0 Å². The Kier molecular flexibility index (Phi) is 4.52. The molecule has 0 aliphatic carbocycles. The molecule has 0 saturated heterocycles. The average molecular weight is 347 g/mol. The Morgan fingerprint density at radius 2 is 2.05 bits per heavy atom. The van der Waals surface area contributed by atoms with E-state index in [1.807, 2.05) is 0 Å². The number of carboxylic acids is 1. The third-order valence-electron chi connectivity index (χ3n) is 2.61. The van der Waals surface area contributed by atoms with Gasteiger partial charge in [0.1, 0.15) is 4.90 Å². The topological polar surface area (TPSA) is 109 Å². The number of sulfonamides is 1. The average Bonchev–Trinajstić information content (AvgIpc) is 2.82. The summed E-state index contributed by atoms with van der Waals surface area (Å²) in [4.78, 5) is 11.4. The van der Waals surface area contributed by atoms with Gasteiger partial charge in [-0.2, -0.15) is 0 Å². The van der Waals surface area contributed by atoms with Crippen LogP contribution in [0.1, 0.15) is 15.2 Å². The van der Waals surface area contributed by atoms with Crippen molar-refractivity contribution in [2.75, 3.05) is 5.73 Å². The minimum absolute atomic E-state index is 0.0727. The lowest BCUT2D eigenvalue weighted by Crippen LogP contribution is -2.24. The maximum absolute atomic E-state index is 12.1. The number of aromatic carboxylic acids is 1. The molecule has 1 heterocycles. The maximum Gasteiger partial charge on any atom is 0.335 e. The van der Waals surface area contributed by atoms with Crippen LogP contribution in [-0.4, -0.2) is 19.5 Å². The molecular weight excluding hydrogens is 336 g/mol. The van der Waals surface area contributed by atoms with Crippen LogP contribution in [-0.2, 0) is 16.6 Å². The van der Waals surface area contributed by atoms with E-state index in [0.29, 0.717) is 4.34 Å². The summed E-state index contributed by atoms with van der Waals surface area (Å²) in [6.07, 6.45) is 0. The second kappa shape index (κ2) is 6.02. The Morgan fingerprint density at radius 3 is 2.57 bits per heavy atom. The molecule has 0 amide bonds. The molecule has 112 valence electrons. The lowest BCUT2D eigenvalue weighted by atomic mass is 10.2. The standard InChI is InChI=1S/C12H11ClN2O4S2/c13-11-4-2-8(20-11)6-15-21(18,19)10-3-1-7(12(16)17)5-9(10)14/h1-5,15H,6,14H2,(H,16,17). The normalized spacial score (nSPS) is 11.5. The second-order valence-corrected chi connectivity index (χ2v) is 7.62. The molecule has 0 unspecified atom stereocenters. The first-order chi connectivity index (χ1) is 9.79. The number of nitrogens with one attached hydrogen (secondary N) is 1. The highest BCUT2D eigenvalue weighted by molar-refractivity contribution is 7.89. The molecule has 0 saturated carbocycles. The smallest absolute Gasteiger partial charge is 0.335 e. The van der Waals surface area contributed by atoms with E-state index in [1.165, 1.54) is 23.5 Å². The summed E-state index contributed by atoms with van der Waals surface area (Å²) in [6.45, 7) is 0.0832. The summed E-state index contributed by atoms with van der Waals surface area (Å²) < 4.78 is 27.3. The first kappa shape index (κ1) is 15.8. The Morgan fingerprint density at radius 1 is 1.33 bits per heavy atom. The van der Waals surface area contributed by atoms with Gasteiger partial charge in [-0.1, -0.05) is 11.6 Å². The van der Waals surface area contributed by atoms with Crippen LogP contribution in [0.5, 0.6) is 0 Å². The highest BCUT2D eigenvalue weighted by Crippen LogP contribution is 2.23. The number of halogens is 1. The van der Waals surface area contributed by atoms with Crippen LogP contribution in [0.4, 0.5) is 5.69 Å². The van der Waals surface area contributed by atoms with Crippen LogP contribution in [0.25, 0.3) is 0 Å². The molecule has 21 heavy (non-hydrogen) atoms. The SMILES string of the molecule is Nc1cc(C(=O)O)ccc1S(=O)(=O)NCc1ccc(Cl)s1. The van der Waals surface area contributed by atoms with E-state index in [2.05, 4.69) is 4.72 Å². The van der Waals surface area contributed by atoms with Gasteiger partial charge in [0.25, 0.3) is 0 Å². The van der Waals surface area contributed by atoms with E-state index in [0.717, 1.165) is 10.9 Å². The Labute approximate surface area is 130 Å². The van der Waals surface area contributed by atoms with E-state index in [-0.39, 0.29) is 22.7 Å². The van der Waals surface area contributed by atoms with Crippen molar-refractivity contribution in [1.82, 2.24) is 4.72 Å². The number of benzene rings is 1. The van der Waals surface area contributed by atoms with Crippen molar-refractivity contribution in [2.45, 2.75) is 11.4 Å². The van der Waals surface area contributed by atoms with Crippen molar-refractivity contribution < 1.29 is 18.3 Å². The molecule has 1 aromatic carbocycles. The molecule has 0 aliphatic heterocycles. The third-order valence-corrected chi connectivity index (χ3v) is 5.32. The van der Waals surface area contributed by atoms with Gasteiger partial charge in [0, 0.05) is 11.4 Å². The van der Waals surface area contributed by atoms with Crippen LogP contribution < -0.4 is 10.5 Å². The Hall–Kier alpha value is -1.61. The first-order valence-corrected chi connectivity index (χ1v) is 8.34. The molecule has 0 atom stereocenters. The summed E-state index contributed by atoms with van der Waals surface area (Å²) >= 11 is 7.03. The van der Waals surface area contributed by atoms with Crippen molar-refractivity contribution in [3.05, 3.63) is 45.1 Å². The lowest BCUT2D eigenvalue weighted by molar-refractivity contribution is 0.0697. The molecule has 4 N–H and O–H groups in total. The number of nitrogens with two attached hydrogens (primary N) is 1. The number of thiophene rings is 1. The lowest BCUT2D eigenvalue weighted by Gasteiger charge is -2.09. The van der Waals surface area contributed by atoms with Gasteiger partial charge < -0.3 is 10.8 Å². The van der Waals surface area contributed by atoms with Crippen LogP contribution >= 0.6 is 22.9 Å². The van der Waals surface area contributed by atoms with Crippen LogP contribution in [0.15, 0.2) is 35.2 Å². The molecule has 9 heteroatoms. The fourth-order valence-corrected chi connectivity index (χ4v) is 3.85. The number of anilines is 1. The number of hydrogen-bond acceptors (Lipinski definition) is 5. The summed E-state index contributed by atoms with van der Waals surface area (Å²) in [5.41, 5.74) is 5.43. The highest BCUT2D eigenvalue weighted by atomic mass is 35.5. The molecular formula is C12H11ClN2O4S2. The van der Waals surface area contributed by atoms with Gasteiger partial charge in [0.2, 0.25) is 10.0 Å². The minimum atomic E-state index is -3.83. The Balaban J connectivity index is 2.21. The minimum Gasteiger partial charge on any atom is -0.478 e. The van der Waals surface area contributed by atoms with Gasteiger partial charge in [-0.05, 0) is 30.3 Å². The molecule has 1 aromatic heterocycles. The highest BCUT2D eigenvalue weighted by Gasteiger charge is 2.18. The number of carbonyl (C=O) groups is 1. The van der Waals surface area contributed by atoms with Gasteiger partial charge in [-0.15, -0.1) is 11.3 Å². The van der Waals surface area contributed by atoms with E-state index < -0.39 is 16.0 Å². The number of carboxylic acid groups (broad SMARTS) is 1. The van der Waals surface area contributed by atoms with Crippen molar-refractivity contribution >= 4 is 44.6 Å². The molecule has 6 nitrogen and oxygen atoms in total. The van der Waals surface area contributed by atoms with E-state index in [9.17, 15) is 13.2 Å². The van der Waals surface area contributed by atoms with Crippen molar-refractivity contribution in [3.63, 3.8) is 0 Å². The van der Waals surface area contributed by atoms with Crippen LogP contribution in [0.3, 0.4) is 0 Å². The van der Waals surface area contributed by atoms with E-state index in [1.54, 1.807) is 12.1 Å².